The highest BCUT2D eigenvalue weighted by Crippen LogP contribution is 2.28. The van der Waals surface area contributed by atoms with Crippen LogP contribution in [0.25, 0.3) is 11.3 Å². The van der Waals surface area contributed by atoms with Crippen molar-refractivity contribution in [3.63, 3.8) is 0 Å². The molecule has 0 atom stereocenters. The van der Waals surface area contributed by atoms with Gasteiger partial charge in [0.15, 0.2) is 5.13 Å². The highest BCUT2D eigenvalue weighted by Gasteiger charge is 2.21. The van der Waals surface area contributed by atoms with Gasteiger partial charge in [-0.15, -0.1) is 11.3 Å². The van der Waals surface area contributed by atoms with Gasteiger partial charge >= 0.3 is 0 Å². The topological polar surface area (TPSA) is 59.2 Å². The maximum atomic E-state index is 11.7. The summed E-state index contributed by atoms with van der Waals surface area (Å²) in [6.45, 7) is 0.807. The molecule has 0 unspecified atom stereocenters. The van der Waals surface area contributed by atoms with Crippen LogP contribution in [0.3, 0.4) is 0 Å². The van der Waals surface area contributed by atoms with Gasteiger partial charge in [0.1, 0.15) is 0 Å². The standard InChI is InChI=1S/C13H13N3OS/c14-13-15-11(8-18-13)9-3-1-4-10(7-9)16-6-2-5-12(16)17/h1,3-4,7-8H,2,5-6H2,(H2,14,15). The first kappa shape index (κ1) is 11.2. The van der Waals surface area contributed by atoms with Gasteiger partial charge < -0.3 is 10.6 Å². The molecule has 0 saturated carbocycles. The van der Waals surface area contributed by atoms with Crippen LogP contribution in [-0.4, -0.2) is 17.4 Å². The molecule has 92 valence electrons. The van der Waals surface area contributed by atoms with Crippen LogP contribution in [0, 0.1) is 0 Å². The van der Waals surface area contributed by atoms with Gasteiger partial charge in [0, 0.05) is 29.6 Å². The highest BCUT2D eigenvalue weighted by molar-refractivity contribution is 7.13. The second-order valence-electron chi connectivity index (χ2n) is 4.27. The summed E-state index contributed by atoms with van der Waals surface area (Å²) in [5.41, 5.74) is 8.45. The quantitative estimate of drug-likeness (QED) is 0.901. The Kier molecular flexibility index (Phi) is 2.76. The molecule has 1 aliphatic rings. The molecule has 1 fully saturated rings. The third kappa shape index (κ3) is 1.97. The zero-order valence-corrected chi connectivity index (χ0v) is 10.6. The van der Waals surface area contributed by atoms with Gasteiger partial charge in [-0.1, -0.05) is 12.1 Å². The first-order valence-electron chi connectivity index (χ1n) is 5.86. The van der Waals surface area contributed by atoms with Crippen LogP contribution in [0.4, 0.5) is 10.8 Å². The van der Waals surface area contributed by atoms with E-state index in [9.17, 15) is 4.79 Å². The fourth-order valence-electron chi connectivity index (χ4n) is 2.17. The number of carbonyl (C=O) groups excluding carboxylic acids is 1. The summed E-state index contributed by atoms with van der Waals surface area (Å²) in [5.74, 6) is 0.199. The molecule has 1 saturated heterocycles. The van der Waals surface area contributed by atoms with E-state index in [1.807, 2.05) is 34.5 Å². The minimum absolute atomic E-state index is 0.199. The zero-order chi connectivity index (χ0) is 12.5. The molecule has 2 aromatic rings. The minimum atomic E-state index is 0.199. The molecule has 1 aromatic carbocycles. The first-order valence-corrected chi connectivity index (χ1v) is 6.74. The van der Waals surface area contributed by atoms with Gasteiger partial charge in [0.25, 0.3) is 0 Å². The maximum Gasteiger partial charge on any atom is 0.227 e. The molecule has 5 heteroatoms. The number of hydrogen-bond acceptors (Lipinski definition) is 4. The van der Waals surface area contributed by atoms with Gasteiger partial charge in [0.2, 0.25) is 5.91 Å². The Morgan fingerprint density at radius 3 is 2.94 bits per heavy atom. The largest absolute Gasteiger partial charge is 0.375 e. The summed E-state index contributed by atoms with van der Waals surface area (Å²) in [4.78, 5) is 17.8. The van der Waals surface area contributed by atoms with E-state index in [0.717, 1.165) is 29.9 Å². The Bertz CT molecular complexity index is 593. The van der Waals surface area contributed by atoms with Crippen molar-refractivity contribution in [3.05, 3.63) is 29.6 Å². The molecule has 18 heavy (non-hydrogen) atoms. The molecule has 1 aliphatic heterocycles. The molecular weight excluding hydrogens is 246 g/mol. The number of hydrogen-bond donors (Lipinski definition) is 1. The third-order valence-electron chi connectivity index (χ3n) is 3.05. The SMILES string of the molecule is Nc1nc(-c2cccc(N3CCCC3=O)c2)cs1. The van der Waals surface area contributed by atoms with Crippen molar-refractivity contribution in [2.75, 3.05) is 17.2 Å². The van der Waals surface area contributed by atoms with E-state index in [2.05, 4.69) is 4.98 Å². The van der Waals surface area contributed by atoms with Crippen LogP contribution in [0.2, 0.25) is 0 Å². The van der Waals surface area contributed by atoms with Gasteiger partial charge in [-0.05, 0) is 18.6 Å². The first-order chi connectivity index (χ1) is 8.74. The summed E-state index contributed by atoms with van der Waals surface area (Å²) in [7, 11) is 0. The smallest absolute Gasteiger partial charge is 0.227 e. The molecular formula is C13H13N3OS. The minimum Gasteiger partial charge on any atom is -0.375 e. The van der Waals surface area contributed by atoms with Crippen molar-refractivity contribution in [1.29, 1.82) is 0 Å². The lowest BCUT2D eigenvalue weighted by Gasteiger charge is -2.16. The Balaban J connectivity index is 1.96. The average Bonchev–Trinajstić information content (AvgIpc) is 2.98. The van der Waals surface area contributed by atoms with Gasteiger partial charge in [-0.25, -0.2) is 4.98 Å². The van der Waals surface area contributed by atoms with E-state index in [0.29, 0.717) is 11.6 Å². The molecule has 2 N–H and O–H groups in total. The summed E-state index contributed by atoms with van der Waals surface area (Å²) < 4.78 is 0. The number of carbonyl (C=O) groups is 1. The van der Waals surface area contributed by atoms with Crippen molar-refractivity contribution < 1.29 is 4.79 Å². The number of anilines is 2. The summed E-state index contributed by atoms with van der Waals surface area (Å²) in [6.07, 6.45) is 1.58. The van der Waals surface area contributed by atoms with Crippen LogP contribution in [0.1, 0.15) is 12.8 Å². The molecule has 3 rings (SSSR count). The van der Waals surface area contributed by atoms with Gasteiger partial charge in [0.05, 0.1) is 5.69 Å². The number of nitrogens with two attached hydrogens (primary N) is 1. The van der Waals surface area contributed by atoms with Crippen molar-refractivity contribution >= 4 is 28.1 Å². The second kappa shape index (κ2) is 4.42. The van der Waals surface area contributed by atoms with E-state index in [1.54, 1.807) is 0 Å². The van der Waals surface area contributed by atoms with Crippen molar-refractivity contribution in [2.45, 2.75) is 12.8 Å². The lowest BCUT2D eigenvalue weighted by atomic mass is 10.1. The number of aromatic nitrogens is 1. The lowest BCUT2D eigenvalue weighted by molar-refractivity contribution is -0.117. The van der Waals surface area contributed by atoms with Crippen molar-refractivity contribution in [1.82, 2.24) is 4.98 Å². The monoisotopic (exact) mass is 259 g/mol. The zero-order valence-electron chi connectivity index (χ0n) is 9.80. The number of amides is 1. The average molecular weight is 259 g/mol. The van der Waals surface area contributed by atoms with Gasteiger partial charge in [-0.3, -0.25) is 4.79 Å². The summed E-state index contributed by atoms with van der Waals surface area (Å²) in [5, 5.41) is 2.49. The Labute approximate surface area is 109 Å². The van der Waals surface area contributed by atoms with Crippen LogP contribution < -0.4 is 10.6 Å². The third-order valence-corrected chi connectivity index (χ3v) is 3.72. The Hall–Kier alpha value is -1.88. The Morgan fingerprint density at radius 2 is 2.28 bits per heavy atom. The molecule has 0 radical (unpaired) electrons. The summed E-state index contributed by atoms with van der Waals surface area (Å²) >= 11 is 1.42. The molecule has 1 amide bonds. The normalized spacial score (nSPS) is 15.3. The van der Waals surface area contributed by atoms with E-state index in [4.69, 9.17) is 5.73 Å². The molecule has 1 aromatic heterocycles. The highest BCUT2D eigenvalue weighted by atomic mass is 32.1. The Morgan fingerprint density at radius 1 is 1.39 bits per heavy atom. The van der Waals surface area contributed by atoms with Crippen LogP contribution >= 0.6 is 11.3 Å². The molecule has 0 spiro atoms. The number of nitrogens with zero attached hydrogens (tertiary/aromatic N) is 2. The van der Waals surface area contributed by atoms with Crippen molar-refractivity contribution in [3.8, 4) is 11.3 Å². The number of nitrogen functional groups attached to an aromatic ring is 1. The van der Waals surface area contributed by atoms with E-state index >= 15 is 0 Å². The molecule has 0 aliphatic carbocycles. The molecule has 0 bridgehead atoms. The maximum absolute atomic E-state index is 11.7. The molecule has 4 nitrogen and oxygen atoms in total. The van der Waals surface area contributed by atoms with E-state index in [-0.39, 0.29) is 5.91 Å². The number of thiazole rings is 1. The predicted molar refractivity (Wildman–Crippen MR) is 73.5 cm³/mol. The predicted octanol–water partition coefficient (Wildman–Crippen LogP) is 2.52. The second-order valence-corrected chi connectivity index (χ2v) is 5.16. The lowest BCUT2D eigenvalue weighted by Crippen LogP contribution is -2.23. The fraction of sp³-hybridized carbons (Fsp3) is 0.231. The van der Waals surface area contributed by atoms with Crippen LogP contribution in [0.15, 0.2) is 29.6 Å². The fourth-order valence-corrected chi connectivity index (χ4v) is 2.75. The van der Waals surface area contributed by atoms with E-state index in [1.165, 1.54) is 11.3 Å². The number of benzene rings is 1. The van der Waals surface area contributed by atoms with Crippen LogP contribution in [0.5, 0.6) is 0 Å². The van der Waals surface area contributed by atoms with Crippen LogP contribution in [-0.2, 0) is 4.79 Å². The van der Waals surface area contributed by atoms with Crippen molar-refractivity contribution in [2.24, 2.45) is 0 Å². The van der Waals surface area contributed by atoms with E-state index < -0.39 is 0 Å². The molecule has 2 heterocycles. The summed E-state index contributed by atoms with van der Waals surface area (Å²) in [6, 6.07) is 7.89. The number of rotatable bonds is 2. The van der Waals surface area contributed by atoms with Gasteiger partial charge in [-0.2, -0.15) is 0 Å².